The highest BCUT2D eigenvalue weighted by atomic mass is 35.5. The minimum absolute atomic E-state index is 0.0428. The van der Waals surface area contributed by atoms with Crippen LogP contribution in [0.5, 0.6) is 5.88 Å². The second-order valence-corrected chi connectivity index (χ2v) is 7.76. The predicted molar refractivity (Wildman–Crippen MR) is 118 cm³/mol. The van der Waals surface area contributed by atoms with E-state index >= 15 is 0 Å². The Morgan fingerprint density at radius 3 is 2.81 bits per heavy atom. The van der Waals surface area contributed by atoms with Gasteiger partial charge in [-0.3, -0.25) is 9.36 Å². The third-order valence-electron chi connectivity index (χ3n) is 5.28. The Morgan fingerprint density at radius 1 is 1.38 bits per heavy atom. The van der Waals surface area contributed by atoms with Crippen LogP contribution in [0.15, 0.2) is 36.5 Å². The molecule has 0 aliphatic carbocycles. The number of likely N-dealkylation sites (tertiary alicyclic amines) is 1. The van der Waals surface area contributed by atoms with Crippen LogP contribution in [0.3, 0.4) is 0 Å². The van der Waals surface area contributed by atoms with E-state index in [-0.39, 0.29) is 34.3 Å². The number of hydrogen-bond acceptors (Lipinski definition) is 5. The smallest absolute Gasteiger partial charge is 0.275 e. The summed E-state index contributed by atoms with van der Waals surface area (Å²) in [6.07, 6.45) is 3.16. The fraction of sp³-hybridized carbons (Fsp3) is 0.273. The van der Waals surface area contributed by atoms with E-state index in [1.165, 1.54) is 30.0 Å². The maximum Gasteiger partial charge on any atom is 0.275 e. The van der Waals surface area contributed by atoms with Gasteiger partial charge in [0, 0.05) is 30.8 Å². The van der Waals surface area contributed by atoms with Crippen molar-refractivity contribution in [2.45, 2.75) is 18.9 Å². The number of ether oxygens (including phenoxy) is 1. The number of amides is 1. The molecule has 1 aliphatic rings. The number of pyridine rings is 1. The summed E-state index contributed by atoms with van der Waals surface area (Å²) in [6, 6.07) is 7.37. The molecule has 1 saturated heterocycles. The average molecular weight is 455 g/mol. The molecule has 0 spiro atoms. The Hall–Kier alpha value is -3.48. The molecule has 0 unspecified atom stereocenters. The van der Waals surface area contributed by atoms with E-state index in [0.717, 1.165) is 12.8 Å². The first-order valence-electron chi connectivity index (χ1n) is 9.93. The number of hydrogen-bond donors (Lipinski definition) is 1. The Balaban J connectivity index is 1.85. The van der Waals surface area contributed by atoms with Crippen molar-refractivity contribution in [3.05, 3.63) is 64.6 Å². The van der Waals surface area contributed by atoms with Gasteiger partial charge in [0.1, 0.15) is 16.8 Å². The van der Waals surface area contributed by atoms with Crippen LogP contribution in [0.2, 0.25) is 5.15 Å². The lowest BCUT2D eigenvalue weighted by atomic mass is 10.1. The molecule has 1 atom stereocenters. The number of rotatable bonds is 4. The van der Waals surface area contributed by atoms with Gasteiger partial charge in [-0.25, -0.2) is 19.2 Å². The summed E-state index contributed by atoms with van der Waals surface area (Å²) in [7, 11) is 1.50. The molecule has 1 amide bonds. The third kappa shape index (κ3) is 4.02. The van der Waals surface area contributed by atoms with E-state index in [4.69, 9.17) is 28.6 Å². The molecule has 10 heteroatoms. The number of halogens is 2. The number of nitrogens with zero attached hydrogens (tertiary/aromatic N) is 5. The third-order valence-corrected chi connectivity index (χ3v) is 5.63. The molecular formula is C22H20ClFN6O2. The van der Waals surface area contributed by atoms with E-state index in [0.29, 0.717) is 30.2 Å². The summed E-state index contributed by atoms with van der Waals surface area (Å²) in [5, 5.41) is 0.0748. The van der Waals surface area contributed by atoms with Crippen LogP contribution in [0.25, 0.3) is 21.9 Å². The standard InChI is InChI=1S/C22H20ClFN6O2/c1-26-17-7-5-13(10-16(17)24)21-28-19(22(31)29-9-3-4-14(25)12-29)20(23)30(21)15-6-8-18(32-2)27-11-15/h5-8,10-11,14H,3-4,9,12,25H2,2H3/t14-/m1/s1. The maximum atomic E-state index is 14.4. The van der Waals surface area contributed by atoms with Crippen molar-refractivity contribution >= 4 is 23.2 Å². The van der Waals surface area contributed by atoms with Gasteiger partial charge in [-0.2, -0.15) is 0 Å². The highest BCUT2D eigenvalue weighted by Crippen LogP contribution is 2.33. The molecule has 1 aliphatic heterocycles. The molecule has 164 valence electrons. The number of aromatic nitrogens is 3. The highest BCUT2D eigenvalue weighted by molar-refractivity contribution is 6.33. The van der Waals surface area contributed by atoms with Crippen LogP contribution in [0.1, 0.15) is 23.3 Å². The van der Waals surface area contributed by atoms with Crippen LogP contribution < -0.4 is 10.5 Å². The second kappa shape index (κ2) is 8.94. The van der Waals surface area contributed by atoms with Crippen molar-refractivity contribution in [1.29, 1.82) is 0 Å². The number of nitrogens with two attached hydrogens (primary N) is 1. The molecule has 0 radical (unpaired) electrons. The molecule has 3 heterocycles. The number of carbonyl (C=O) groups excluding carboxylic acids is 1. The van der Waals surface area contributed by atoms with Crippen LogP contribution >= 0.6 is 11.6 Å². The molecule has 8 nitrogen and oxygen atoms in total. The fourth-order valence-corrected chi connectivity index (χ4v) is 3.97. The zero-order valence-electron chi connectivity index (χ0n) is 17.3. The lowest BCUT2D eigenvalue weighted by Crippen LogP contribution is -2.45. The van der Waals surface area contributed by atoms with Crippen LogP contribution in [0, 0.1) is 12.4 Å². The van der Waals surface area contributed by atoms with Crippen molar-refractivity contribution in [3.8, 4) is 23.0 Å². The highest BCUT2D eigenvalue weighted by Gasteiger charge is 2.29. The monoisotopic (exact) mass is 454 g/mol. The van der Waals surface area contributed by atoms with Crippen LogP contribution in [-0.4, -0.2) is 51.6 Å². The van der Waals surface area contributed by atoms with Gasteiger partial charge in [-0.15, -0.1) is 0 Å². The zero-order chi connectivity index (χ0) is 22.8. The van der Waals surface area contributed by atoms with Crippen molar-refractivity contribution in [1.82, 2.24) is 19.4 Å². The second-order valence-electron chi connectivity index (χ2n) is 7.40. The lowest BCUT2D eigenvalue weighted by Gasteiger charge is -2.30. The van der Waals surface area contributed by atoms with E-state index in [2.05, 4.69) is 14.8 Å². The first-order valence-corrected chi connectivity index (χ1v) is 10.3. The number of methoxy groups -OCH3 is 1. The summed E-state index contributed by atoms with van der Waals surface area (Å²) in [6.45, 7) is 8.03. The molecule has 3 aromatic rings. The Morgan fingerprint density at radius 2 is 2.19 bits per heavy atom. The predicted octanol–water partition coefficient (Wildman–Crippen LogP) is 3.85. The number of piperidine rings is 1. The van der Waals surface area contributed by atoms with Gasteiger partial charge in [-0.05, 0) is 25.0 Å². The SMILES string of the molecule is [C-]#[N+]c1ccc(-c2nc(C(=O)N3CCC[C@@H](N)C3)c(Cl)n2-c2ccc(OC)nc2)cc1F. The summed E-state index contributed by atoms with van der Waals surface area (Å²) in [4.78, 5) is 26.7. The van der Waals surface area contributed by atoms with Gasteiger partial charge in [0.2, 0.25) is 11.6 Å². The largest absolute Gasteiger partial charge is 0.481 e. The van der Waals surface area contributed by atoms with Crippen molar-refractivity contribution in [3.63, 3.8) is 0 Å². The molecule has 1 aromatic carbocycles. The van der Waals surface area contributed by atoms with E-state index in [1.807, 2.05) is 0 Å². The summed E-state index contributed by atoms with van der Waals surface area (Å²) in [5.74, 6) is -0.379. The van der Waals surface area contributed by atoms with Crippen LogP contribution in [-0.2, 0) is 0 Å². The van der Waals surface area contributed by atoms with Crippen molar-refractivity contribution < 1.29 is 13.9 Å². The quantitative estimate of drug-likeness (QED) is 0.605. The van der Waals surface area contributed by atoms with E-state index in [1.54, 1.807) is 23.1 Å². The average Bonchev–Trinajstić information content (AvgIpc) is 3.15. The molecule has 4 rings (SSSR count). The first kappa shape index (κ1) is 21.7. The Bertz CT molecular complexity index is 1200. The number of carbonyl (C=O) groups is 1. The number of benzene rings is 1. The van der Waals surface area contributed by atoms with Crippen molar-refractivity contribution in [2.75, 3.05) is 20.2 Å². The topological polar surface area (TPSA) is 90.6 Å². The minimum Gasteiger partial charge on any atom is -0.481 e. The van der Waals surface area contributed by atoms with Gasteiger partial charge in [0.05, 0.1) is 25.6 Å². The number of imidazole rings is 1. The molecule has 0 saturated carbocycles. The van der Waals surface area contributed by atoms with E-state index in [9.17, 15) is 9.18 Å². The fourth-order valence-electron chi connectivity index (χ4n) is 3.67. The molecule has 2 aromatic heterocycles. The summed E-state index contributed by atoms with van der Waals surface area (Å²) in [5.41, 5.74) is 6.84. The minimum atomic E-state index is -0.689. The Labute approximate surface area is 189 Å². The van der Waals surface area contributed by atoms with Gasteiger partial charge in [0.15, 0.2) is 5.69 Å². The van der Waals surface area contributed by atoms with Crippen LogP contribution in [0.4, 0.5) is 10.1 Å². The molecule has 0 bridgehead atoms. The molecule has 2 N–H and O–H groups in total. The summed E-state index contributed by atoms with van der Waals surface area (Å²) < 4.78 is 21.0. The normalized spacial score (nSPS) is 16.0. The van der Waals surface area contributed by atoms with Gasteiger partial charge in [-0.1, -0.05) is 23.7 Å². The molecule has 32 heavy (non-hydrogen) atoms. The Kier molecular flexibility index (Phi) is 6.08. The first-order chi connectivity index (χ1) is 15.4. The van der Waals surface area contributed by atoms with Gasteiger partial charge < -0.3 is 15.4 Å². The van der Waals surface area contributed by atoms with Crippen molar-refractivity contribution in [2.24, 2.45) is 5.73 Å². The van der Waals surface area contributed by atoms with Gasteiger partial charge >= 0.3 is 0 Å². The summed E-state index contributed by atoms with van der Waals surface area (Å²) >= 11 is 6.66. The maximum absolute atomic E-state index is 14.4. The molecule has 1 fully saturated rings. The van der Waals surface area contributed by atoms with Gasteiger partial charge in [0.25, 0.3) is 5.91 Å². The molecular weight excluding hydrogens is 435 g/mol. The lowest BCUT2D eigenvalue weighted by molar-refractivity contribution is 0.0703. The van der Waals surface area contributed by atoms with E-state index < -0.39 is 5.82 Å². The zero-order valence-corrected chi connectivity index (χ0v) is 18.0.